The Balaban J connectivity index is 1.72. The van der Waals surface area contributed by atoms with Crippen molar-refractivity contribution in [3.63, 3.8) is 0 Å². The van der Waals surface area contributed by atoms with E-state index in [1.54, 1.807) is 12.1 Å². The number of nitrogens with one attached hydrogen (secondary N) is 1. The number of carbonyl (C=O) groups is 1. The maximum absolute atomic E-state index is 13.4. The lowest BCUT2D eigenvalue weighted by Gasteiger charge is -2.25. The van der Waals surface area contributed by atoms with Gasteiger partial charge in [-0.05, 0) is 68.1 Å². The van der Waals surface area contributed by atoms with Crippen molar-refractivity contribution in [2.75, 3.05) is 17.4 Å². The molecule has 5 nitrogen and oxygen atoms in total. The molecule has 3 aromatic rings. The van der Waals surface area contributed by atoms with Crippen molar-refractivity contribution in [1.82, 2.24) is 5.32 Å². The van der Waals surface area contributed by atoms with Crippen molar-refractivity contribution in [3.8, 4) is 0 Å². The molecule has 1 N–H and O–H groups in total. The Morgan fingerprint density at radius 3 is 2.38 bits per heavy atom. The summed E-state index contributed by atoms with van der Waals surface area (Å²) in [5.74, 6) is -0.352. The first-order chi connectivity index (χ1) is 15.3. The van der Waals surface area contributed by atoms with Crippen molar-refractivity contribution in [3.05, 3.63) is 94.5 Å². The lowest BCUT2D eigenvalue weighted by atomic mass is 10.1. The summed E-state index contributed by atoms with van der Waals surface area (Å²) in [4.78, 5) is 12.8. The second kappa shape index (κ2) is 10.7. The number of carbonyl (C=O) groups excluding carboxylic acids is 1. The van der Waals surface area contributed by atoms with E-state index < -0.39 is 10.0 Å². The van der Waals surface area contributed by atoms with Crippen molar-refractivity contribution >= 4 is 33.2 Å². The summed E-state index contributed by atoms with van der Waals surface area (Å²) in [5, 5.41) is 3.30. The van der Waals surface area contributed by atoms with Gasteiger partial charge >= 0.3 is 0 Å². The fourth-order valence-corrected chi connectivity index (χ4v) is 5.06. The van der Waals surface area contributed by atoms with Gasteiger partial charge in [-0.15, -0.1) is 0 Å². The van der Waals surface area contributed by atoms with E-state index in [9.17, 15) is 13.2 Å². The van der Waals surface area contributed by atoms with Gasteiger partial charge in [-0.2, -0.15) is 0 Å². The summed E-state index contributed by atoms with van der Waals surface area (Å²) >= 11 is 5.92. The van der Waals surface area contributed by atoms with Gasteiger partial charge in [0, 0.05) is 11.6 Å². The molecular formula is C25H27ClN2O3S. The molecule has 0 aliphatic heterocycles. The Kier molecular flexibility index (Phi) is 7.94. The number of rotatable bonds is 9. The van der Waals surface area contributed by atoms with E-state index in [4.69, 9.17) is 11.6 Å². The lowest BCUT2D eigenvalue weighted by Crippen LogP contribution is -2.41. The molecule has 3 rings (SSSR count). The van der Waals surface area contributed by atoms with Crippen LogP contribution >= 0.6 is 11.6 Å². The van der Waals surface area contributed by atoms with Crippen LogP contribution in [0.3, 0.4) is 0 Å². The van der Waals surface area contributed by atoms with Crippen LogP contribution in [0.1, 0.15) is 23.1 Å². The van der Waals surface area contributed by atoms with Crippen molar-refractivity contribution in [2.24, 2.45) is 0 Å². The number of halogens is 1. The van der Waals surface area contributed by atoms with Gasteiger partial charge in [0.2, 0.25) is 5.91 Å². The highest BCUT2D eigenvalue weighted by atomic mass is 35.5. The molecule has 0 radical (unpaired) electrons. The normalized spacial score (nSPS) is 11.2. The number of benzene rings is 3. The van der Waals surface area contributed by atoms with Gasteiger partial charge in [0.25, 0.3) is 10.0 Å². The zero-order chi connectivity index (χ0) is 23.1. The molecule has 1 amide bonds. The number of nitrogens with zero attached hydrogens (tertiary/aromatic N) is 1. The van der Waals surface area contributed by atoms with E-state index in [1.807, 2.05) is 38.1 Å². The molecule has 0 aliphatic carbocycles. The quantitative estimate of drug-likeness (QED) is 0.452. The van der Waals surface area contributed by atoms with Crippen molar-refractivity contribution in [1.29, 1.82) is 0 Å². The molecule has 7 heteroatoms. The van der Waals surface area contributed by atoms with Crippen LogP contribution in [0.25, 0.3) is 0 Å². The molecule has 3 aromatic carbocycles. The van der Waals surface area contributed by atoms with E-state index in [2.05, 4.69) is 17.4 Å². The van der Waals surface area contributed by atoms with Crippen LogP contribution in [-0.4, -0.2) is 27.4 Å². The van der Waals surface area contributed by atoms with Crippen LogP contribution in [0, 0.1) is 13.8 Å². The predicted octanol–water partition coefficient (Wildman–Crippen LogP) is 4.90. The fraction of sp³-hybridized carbons (Fsp3) is 0.240. The highest BCUT2D eigenvalue weighted by molar-refractivity contribution is 7.92. The Labute approximate surface area is 195 Å². The van der Waals surface area contributed by atoms with Crippen LogP contribution in [0.15, 0.2) is 77.7 Å². The van der Waals surface area contributed by atoms with Crippen LogP contribution < -0.4 is 9.62 Å². The Morgan fingerprint density at radius 1 is 0.969 bits per heavy atom. The van der Waals surface area contributed by atoms with Crippen molar-refractivity contribution in [2.45, 2.75) is 31.6 Å². The number of hydrogen-bond acceptors (Lipinski definition) is 3. The van der Waals surface area contributed by atoms with Gasteiger partial charge in [0.15, 0.2) is 0 Å². The number of amides is 1. The first-order valence-corrected chi connectivity index (χ1v) is 12.3. The highest BCUT2D eigenvalue weighted by Crippen LogP contribution is 2.27. The average Bonchev–Trinajstić information content (AvgIpc) is 2.76. The monoisotopic (exact) mass is 470 g/mol. The molecule has 0 spiro atoms. The zero-order valence-electron chi connectivity index (χ0n) is 18.2. The summed E-state index contributed by atoms with van der Waals surface area (Å²) < 4.78 is 27.9. The SMILES string of the molecule is Cc1cccc(CCCNC(=O)CN(c2ccccc2C)S(=O)(=O)c2ccc(Cl)cc2)c1. The zero-order valence-corrected chi connectivity index (χ0v) is 19.8. The van der Waals surface area contributed by atoms with Gasteiger partial charge < -0.3 is 5.32 Å². The Hall–Kier alpha value is -2.83. The van der Waals surface area contributed by atoms with E-state index in [0.29, 0.717) is 17.3 Å². The maximum Gasteiger partial charge on any atom is 0.264 e. The van der Waals surface area contributed by atoms with E-state index in [1.165, 1.54) is 35.4 Å². The summed E-state index contributed by atoms with van der Waals surface area (Å²) in [6, 6.07) is 21.3. The standard InChI is InChI=1S/C25H27ClN2O3S/c1-19-7-5-9-21(17-19)10-6-16-27-25(29)18-28(24-11-4-3-8-20(24)2)32(30,31)23-14-12-22(26)13-15-23/h3-5,7-9,11-15,17H,6,10,16,18H2,1-2H3,(H,27,29). The maximum atomic E-state index is 13.4. The first-order valence-electron chi connectivity index (χ1n) is 10.4. The molecule has 32 heavy (non-hydrogen) atoms. The molecule has 0 aliphatic rings. The largest absolute Gasteiger partial charge is 0.355 e. The molecule has 0 saturated heterocycles. The summed E-state index contributed by atoms with van der Waals surface area (Å²) in [7, 11) is -3.95. The Bertz CT molecular complexity index is 1180. The number of aryl methyl sites for hydroxylation is 3. The molecule has 0 aromatic heterocycles. The highest BCUT2D eigenvalue weighted by Gasteiger charge is 2.28. The van der Waals surface area contributed by atoms with Crippen LogP contribution in [-0.2, 0) is 21.2 Å². The summed E-state index contributed by atoms with van der Waals surface area (Å²) in [6.45, 7) is 4.03. The second-order valence-corrected chi connectivity index (χ2v) is 9.99. The molecule has 0 atom stereocenters. The molecular weight excluding hydrogens is 444 g/mol. The Morgan fingerprint density at radius 2 is 1.69 bits per heavy atom. The molecule has 0 heterocycles. The number of para-hydroxylation sites is 1. The molecule has 168 valence electrons. The summed E-state index contributed by atoms with van der Waals surface area (Å²) in [6.07, 6.45) is 1.61. The number of anilines is 1. The van der Waals surface area contributed by atoms with E-state index >= 15 is 0 Å². The predicted molar refractivity (Wildman–Crippen MR) is 130 cm³/mol. The minimum atomic E-state index is -3.95. The third kappa shape index (κ3) is 6.11. The lowest BCUT2D eigenvalue weighted by molar-refractivity contribution is -0.119. The van der Waals surface area contributed by atoms with Crippen LogP contribution in [0.4, 0.5) is 5.69 Å². The molecule has 0 unspecified atom stereocenters. The third-order valence-corrected chi connectivity index (χ3v) is 7.15. The number of sulfonamides is 1. The molecule has 0 bridgehead atoms. The fourth-order valence-electron chi connectivity index (χ4n) is 3.45. The van der Waals surface area contributed by atoms with Crippen LogP contribution in [0.2, 0.25) is 5.02 Å². The van der Waals surface area contributed by atoms with Gasteiger partial charge in [-0.3, -0.25) is 9.10 Å². The van der Waals surface area contributed by atoms with E-state index in [0.717, 1.165) is 22.7 Å². The average molecular weight is 471 g/mol. The van der Waals surface area contributed by atoms with Gasteiger partial charge in [-0.1, -0.05) is 59.6 Å². The minimum Gasteiger partial charge on any atom is -0.355 e. The second-order valence-electron chi connectivity index (χ2n) is 7.69. The third-order valence-electron chi connectivity index (χ3n) is 5.12. The van der Waals surface area contributed by atoms with E-state index in [-0.39, 0.29) is 17.3 Å². The molecule has 0 saturated carbocycles. The first kappa shape index (κ1) is 23.8. The van der Waals surface area contributed by atoms with Crippen LogP contribution in [0.5, 0.6) is 0 Å². The van der Waals surface area contributed by atoms with Gasteiger partial charge in [-0.25, -0.2) is 8.42 Å². The van der Waals surface area contributed by atoms with Gasteiger partial charge in [0.1, 0.15) is 6.54 Å². The molecule has 0 fully saturated rings. The van der Waals surface area contributed by atoms with Gasteiger partial charge in [0.05, 0.1) is 10.6 Å². The smallest absolute Gasteiger partial charge is 0.264 e. The topological polar surface area (TPSA) is 66.5 Å². The number of hydrogen-bond donors (Lipinski definition) is 1. The minimum absolute atomic E-state index is 0.0809. The summed E-state index contributed by atoms with van der Waals surface area (Å²) in [5.41, 5.74) is 3.65. The van der Waals surface area contributed by atoms with Crippen molar-refractivity contribution < 1.29 is 13.2 Å².